The maximum atomic E-state index is 13.2. The number of carbonyl (C=O) groups excluding carboxylic acids is 1. The number of aliphatic hydroxyl groups excluding tert-OH is 2. The van der Waals surface area contributed by atoms with Crippen LogP contribution >= 0.6 is 11.3 Å². The fourth-order valence-electron chi connectivity index (χ4n) is 5.01. The van der Waals surface area contributed by atoms with E-state index in [1.165, 1.54) is 0 Å². The first-order valence-electron chi connectivity index (χ1n) is 15.6. The maximum absolute atomic E-state index is 13.2. The molecular formula is C35H44N6O6S. The first-order chi connectivity index (χ1) is 23.4. The monoisotopic (exact) mass is 676 g/mol. The van der Waals surface area contributed by atoms with Crippen molar-refractivity contribution in [1.82, 2.24) is 14.9 Å². The van der Waals surface area contributed by atoms with Crippen LogP contribution in [-0.2, 0) is 16.5 Å². The summed E-state index contributed by atoms with van der Waals surface area (Å²) in [4.78, 5) is 17.6. The summed E-state index contributed by atoms with van der Waals surface area (Å²) in [5.41, 5.74) is 16.4. The number of methoxy groups -OCH3 is 1. The van der Waals surface area contributed by atoms with Crippen molar-refractivity contribution in [3.05, 3.63) is 77.4 Å². The molecule has 2 aromatic carbocycles. The van der Waals surface area contributed by atoms with Gasteiger partial charge in [-0.05, 0) is 35.2 Å². The summed E-state index contributed by atoms with van der Waals surface area (Å²) in [6.45, 7) is 3.85. The molecule has 12 nitrogen and oxygen atoms in total. The predicted octanol–water partition coefficient (Wildman–Crippen LogP) is 3.86. The summed E-state index contributed by atoms with van der Waals surface area (Å²) in [5, 5.41) is 27.1. The van der Waals surface area contributed by atoms with Crippen molar-refractivity contribution in [2.75, 3.05) is 77.4 Å². The molecule has 3 aromatic heterocycles. The lowest BCUT2D eigenvalue weighted by molar-refractivity contribution is 0.0943. The fraction of sp³-hybridized carbons (Fsp3) is 0.314. The van der Waals surface area contributed by atoms with Crippen LogP contribution in [0.5, 0.6) is 5.75 Å². The molecule has 0 radical (unpaired) electrons. The van der Waals surface area contributed by atoms with E-state index >= 15 is 0 Å². The van der Waals surface area contributed by atoms with Gasteiger partial charge in [-0.3, -0.25) is 4.79 Å². The van der Waals surface area contributed by atoms with Gasteiger partial charge in [0.2, 0.25) is 0 Å². The van der Waals surface area contributed by atoms with Gasteiger partial charge in [-0.1, -0.05) is 36.4 Å². The molecule has 0 saturated heterocycles. The van der Waals surface area contributed by atoms with Crippen molar-refractivity contribution < 1.29 is 29.2 Å². The lowest BCUT2D eigenvalue weighted by Gasteiger charge is -2.13. The van der Waals surface area contributed by atoms with Crippen LogP contribution in [-0.4, -0.2) is 92.1 Å². The number of nitrogens with two attached hydrogens (primary N) is 2. The highest BCUT2D eigenvalue weighted by Gasteiger charge is 2.18. The van der Waals surface area contributed by atoms with Crippen LogP contribution in [0.1, 0.15) is 16.1 Å². The number of anilines is 2. The summed E-state index contributed by atoms with van der Waals surface area (Å²) >= 11 is 1.61. The molecule has 0 saturated carbocycles. The van der Waals surface area contributed by atoms with Gasteiger partial charge >= 0.3 is 0 Å². The quantitative estimate of drug-likeness (QED) is 0.0841. The van der Waals surface area contributed by atoms with Crippen LogP contribution < -0.4 is 26.8 Å². The number of aryl methyl sites for hydroxylation is 1. The third kappa shape index (κ3) is 9.39. The topological polar surface area (TPSA) is 179 Å². The zero-order valence-electron chi connectivity index (χ0n) is 27.3. The number of hydrogen-bond acceptors (Lipinski definition) is 11. The Morgan fingerprint density at radius 3 is 2.56 bits per heavy atom. The predicted molar refractivity (Wildman–Crippen MR) is 194 cm³/mol. The molecule has 5 aromatic rings. The van der Waals surface area contributed by atoms with E-state index in [0.29, 0.717) is 69.0 Å². The second kappa shape index (κ2) is 18.9. The molecular weight excluding hydrogens is 632 g/mol. The largest absolute Gasteiger partial charge is 0.495 e. The fourth-order valence-corrected chi connectivity index (χ4v) is 6.08. The van der Waals surface area contributed by atoms with Gasteiger partial charge < -0.3 is 51.1 Å². The first kappa shape index (κ1) is 36.5. The van der Waals surface area contributed by atoms with Gasteiger partial charge in [-0.2, -0.15) is 0 Å². The minimum atomic E-state index is -0.215. The number of carbonyl (C=O) groups is 1. The number of thiophene rings is 1. The molecule has 0 fully saturated rings. The van der Waals surface area contributed by atoms with Gasteiger partial charge in [0.05, 0.1) is 52.4 Å². The molecule has 1 amide bonds. The van der Waals surface area contributed by atoms with Gasteiger partial charge in [-0.15, -0.1) is 11.3 Å². The first-order valence-corrected chi connectivity index (χ1v) is 16.5. The molecule has 0 unspecified atom stereocenters. The highest BCUT2D eigenvalue weighted by Crippen LogP contribution is 2.41. The van der Waals surface area contributed by atoms with E-state index in [9.17, 15) is 4.79 Å². The van der Waals surface area contributed by atoms with E-state index in [1.807, 2.05) is 72.3 Å². The Morgan fingerprint density at radius 1 is 1.06 bits per heavy atom. The number of nitrogen functional groups attached to an aromatic ring is 1. The molecule has 0 bridgehead atoms. The van der Waals surface area contributed by atoms with Crippen molar-refractivity contribution in [3.8, 4) is 16.9 Å². The molecule has 0 aliphatic carbocycles. The summed E-state index contributed by atoms with van der Waals surface area (Å²) in [6, 6.07) is 15.5. The summed E-state index contributed by atoms with van der Waals surface area (Å²) < 4.78 is 18.6. The Balaban J connectivity index is 0.000000671. The number of pyridine rings is 1. The van der Waals surface area contributed by atoms with Crippen molar-refractivity contribution in [3.63, 3.8) is 0 Å². The number of nitrogens with one attached hydrogen (secondary N) is 2. The zero-order chi connectivity index (χ0) is 34.3. The number of aliphatic hydroxyl groups is 2. The molecule has 48 heavy (non-hydrogen) atoms. The van der Waals surface area contributed by atoms with Crippen LogP contribution in [0.3, 0.4) is 0 Å². The lowest BCUT2D eigenvalue weighted by atomic mass is 10.0. The minimum absolute atomic E-state index is 0.0300. The average Bonchev–Trinajstić information content (AvgIpc) is 3.70. The molecule has 0 atom stereocenters. The Hall–Kier alpha value is -4.34. The normalized spacial score (nSPS) is 11.3. The Bertz CT molecular complexity index is 1800. The summed E-state index contributed by atoms with van der Waals surface area (Å²) in [7, 11) is 3.47. The molecule has 5 rings (SSSR count). The Morgan fingerprint density at radius 2 is 1.83 bits per heavy atom. The molecule has 0 spiro atoms. The van der Waals surface area contributed by atoms with Gasteiger partial charge in [0.25, 0.3) is 5.91 Å². The van der Waals surface area contributed by atoms with E-state index in [-0.39, 0.29) is 19.1 Å². The number of rotatable bonds is 16. The number of aromatic nitrogens is 2. The third-order valence-corrected chi connectivity index (χ3v) is 8.34. The molecule has 0 aliphatic rings. The van der Waals surface area contributed by atoms with Gasteiger partial charge in [0.15, 0.2) is 0 Å². The smallest absolute Gasteiger partial charge is 0.272 e. The van der Waals surface area contributed by atoms with Crippen molar-refractivity contribution in [1.29, 1.82) is 0 Å². The van der Waals surface area contributed by atoms with E-state index in [4.69, 9.17) is 35.9 Å². The van der Waals surface area contributed by atoms with Gasteiger partial charge in [-0.25, -0.2) is 4.98 Å². The van der Waals surface area contributed by atoms with E-state index in [1.54, 1.807) is 24.6 Å². The Labute approximate surface area is 283 Å². The minimum Gasteiger partial charge on any atom is -0.495 e. The van der Waals surface area contributed by atoms with Gasteiger partial charge in [0, 0.05) is 65.0 Å². The third-order valence-electron chi connectivity index (χ3n) is 7.31. The van der Waals surface area contributed by atoms with Gasteiger partial charge in [0.1, 0.15) is 17.3 Å². The summed E-state index contributed by atoms with van der Waals surface area (Å²) in [6.07, 6.45) is 5.85. The number of benzene rings is 2. The molecule has 13 heteroatoms. The maximum Gasteiger partial charge on any atom is 0.272 e. The van der Waals surface area contributed by atoms with E-state index in [0.717, 1.165) is 37.7 Å². The van der Waals surface area contributed by atoms with Crippen LogP contribution in [0.4, 0.5) is 11.5 Å². The second-order valence-electron chi connectivity index (χ2n) is 10.5. The van der Waals surface area contributed by atoms with E-state index < -0.39 is 0 Å². The lowest BCUT2D eigenvalue weighted by Crippen LogP contribution is -2.20. The zero-order valence-corrected chi connectivity index (χ0v) is 28.1. The van der Waals surface area contributed by atoms with Crippen LogP contribution in [0.15, 0.2) is 66.2 Å². The van der Waals surface area contributed by atoms with Crippen LogP contribution in [0.2, 0.25) is 0 Å². The highest BCUT2D eigenvalue weighted by atomic mass is 32.1. The van der Waals surface area contributed by atoms with E-state index in [2.05, 4.69) is 21.0 Å². The second-order valence-corrected chi connectivity index (χ2v) is 11.4. The van der Waals surface area contributed by atoms with Crippen LogP contribution in [0.25, 0.3) is 38.2 Å². The standard InChI is InChI=1S/C31H33N5O4S.C4H11NO2/c1-36-25-8-4-3-6-21(25)16-26(36)31(38)35-24-10-9-20(17-27(24)39-2)23-19-41-29-22(18-34-30(32)28(23)29)7-5-11-33-12-14-40-15-13-37;5-1-3-7-4-2-6/h3-10,16-19,33,37H,11-15H2,1-2H3,(H2,32,34)(H,35,38);6H,1-5H2/b7-5+;. The van der Waals surface area contributed by atoms with Crippen LogP contribution in [0, 0.1) is 0 Å². The molecule has 256 valence electrons. The number of para-hydroxylation sites is 1. The number of ether oxygens (including phenoxy) is 3. The average molecular weight is 677 g/mol. The van der Waals surface area contributed by atoms with Crippen molar-refractivity contribution in [2.24, 2.45) is 12.8 Å². The number of nitrogens with zero attached hydrogens (tertiary/aromatic N) is 2. The Kier molecular flexibility index (Phi) is 14.3. The molecule has 8 N–H and O–H groups in total. The van der Waals surface area contributed by atoms with Crippen molar-refractivity contribution >= 4 is 55.8 Å². The molecule has 3 heterocycles. The number of fused-ring (bicyclic) bond motifs is 2. The highest BCUT2D eigenvalue weighted by molar-refractivity contribution is 7.18. The number of amides is 1. The number of hydrogen-bond donors (Lipinski definition) is 6. The summed E-state index contributed by atoms with van der Waals surface area (Å²) in [5.74, 6) is 0.790. The van der Waals surface area contributed by atoms with Crippen molar-refractivity contribution in [2.45, 2.75) is 0 Å². The SMILES string of the molecule is COc1cc(-c2csc3c(/C=C/CNCCOCCO)cnc(N)c23)ccc1NC(=O)c1cc2ccccc2n1C.NCCOCCO. The molecule has 0 aliphatic heterocycles.